The van der Waals surface area contributed by atoms with Crippen LogP contribution >= 0.6 is 0 Å². The summed E-state index contributed by atoms with van der Waals surface area (Å²) in [6.07, 6.45) is 5.54. The van der Waals surface area contributed by atoms with Crippen molar-refractivity contribution in [2.24, 2.45) is 11.8 Å². The molecule has 0 radical (unpaired) electrons. The van der Waals surface area contributed by atoms with Gasteiger partial charge in [0.1, 0.15) is 11.5 Å². The van der Waals surface area contributed by atoms with Crippen LogP contribution in [0, 0.1) is 18.8 Å². The van der Waals surface area contributed by atoms with E-state index in [0.29, 0.717) is 11.6 Å². The molecule has 1 aromatic rings. The molecule has 1 aromatic heterocycles. The van der Waals surface area contributed by atoms with E-state index in [4.69, 9.17) is 4.74 Å². The summed E-state index contributed by atoms with van der Waals surface area (Å²) in [5, 5.41) is 0. The second-order valence-electron chi connectivity index (χ2n) is 7.64. The van der Waals surface area contributed by atoms with E-state index < -0.39 is 0 Å². The highest BCUT2D eigenvalue weighted by Gasteiger charge is 2.55. The molecular formula is C17H26N4O2. The number of hydrogen-bond donors (Lipinski definition) is 1. The second-order valence-corrected chi connectivity index (χ2v) is 7.64. The van der Waals surface area contributed by atoms with Gasteiger partial charge in [0.15, 0.2) is 0 Å². The Morgan fingerprint density at radius 2 is 2.22 bits per heavy atom. The normalized spacial score (nSPS) is 26.7. The minimum atomic E-state index is 0.0813. The molecule has 6 nitrogen and oxygen atoms in total. The highest BCUT2D eigenvalue weighted by atomic mass is 16.5. The molecule has 1 N–H and O–H groups in total. The fourth-order valence-corrected chi connectivity index (χ4v) is 4.30. The second kappa shape index (κ2) is 5.60. The van der Waals surface area contributed by atoms with Crippen molar-refractivity contribution in [2.45, 2.75) is 31.7 Å². The number of likely N-dealkylation sites (tertiary alicyclic amines) is 2. The van der Waals surface area contributed by atoms with Gasteiger partial charge >= 0.3 is 0 Å². The van der Waals surface area contributed by atoms with Gasteiger partial charge in [0.25, 0.3) is 5.91 Å². The number of imidazole rings is 1. The quantitative estimate of drug-likeness (QED) is 0.889. The zero-order valence-electron chi connectivity index (χ0n) is 14.0. The lowest BCUT2D eigenvalue weighted by Gasteiger charge is -2.53. The first-order valence-electron chi connectivity index (χ1n) is 8.64. The SMILES string of the molecule is COCC1CN(CC2CC2)C2(C1)CN(C(=O)c1cnc(C)[nH]1)C2. The van der Waals surface area contributed by atoms with Crippen molar-refractivity contribution in [2.75, 3.05) is 39.9 Å². The molecule has 6 heteroatoms. The summed E-state index contributed by atoms with van der Waals surface area (Å²) in [6, 6.07) is 0. The average Bonchev–Trinajstić information content (AvgIpc) is 3.07. The van der Waals surface area contributed by atoms with Crippen LogP contribution in [0.3, 0.4) is 0 Å². The van der Waals surface area contributed by atoms with Gasteiger partial charge in [-0.2, -0.15) is 0 Å². The molecule has 1 amide bonds. The zero-order valence-corrected chi connectivity index (χ0v) is 14.0. The summed E-state index contributed by atoms with van der Waals surface area (Å²) in [5.41, 5.74) is 0.800. The maximum atomic E-state index is 12.5. The number of hydrogen-bond acceptors (Lipinski definition) is 4. The summed E-state index contributed by atoms with van der Waals surface area (Å²) in [6.45, 7) is 6.71. The van der Waals surface area contributed by atoms with E-state index >= 15 is 0 Å². The van der Waals surface area contributed by atoms with Crippen molar-refractivity contribution in [1.82, 2.24) is 19.8 Å². The van der Waals surface area contributed by atoms with Gasteiger partial charge in [0.2, 0.25) is 0 Å². The summed E-state index contributed by atoms with van der Waals surface area (Å²) in [4.78, 5) is 24.3. The van der Waals surface area contributed by atoms with Gasteiger partial charge < -0.3 is 14.6 Å². The first-order chi connectivity index (χ1) is 11.1. The molecule has 1 unspecified atom stereocenters. The molecule has 2 saturated heterocycles. The first-order valence-corrected chi connectivity index (χ1v) is 8.64. The number of H-pyrrole nitrogens is 1. The Hall–Kier alpha value is -1.40. The van der Waals surface area contributed by atoms with Crippen molar-refractivity contribution in [1.29, 1.82) is 0 Å². The predicted octanol–water partition coefficient (Wildman–Crippen LogP) is 1.29. The fraction of sp³-hybridized carbons (Fsp3) is 0.765. The molecule has 126 valence electrons. The Balaban J connectivity index is 1.42. The molecule has 1 spiro atoms. The van der Waals surface area contributed by atoms with Crippen molar-refractivity contribution >= 4 is 5.91 Å². The van der Waals surface area contributed by atoms with Crippen LogP contribution in [0.4, 0.5) is 0 Å². The molecule has 0 aromatic carbocycles. The number of aromatic nitrogens is 2. The van der Waals surface area contributed by atoms with Gasteiger partial charge in [0, 0.05) is 33.3 Å². The first kappa shape index (κ1) is 15.1. The van der Waals surface area contributed by atoms with Crippen LogP contribution in [0.2, 0.25) is 0 Å². The van der Waals surface area contributed by atoms with Crippen LogP contribution in [0.5, 0.6) is 0 Å². The highest BCUT2D eigenvalue weighted by molar-refractivity contribution is 5.93. The number of rotatable bonds is 5. The van der Waals surface area contributed by atoms with Crippen LogP contribution in [-0.2, 0) is 4.74 Å². The number of ether oxygens (including phenoxy) is 1. The third-order valence-corrected chi connectivity index (χ3v) is 5.59. The van der Waals surface area contributed by atoms with Gasteiger partial charge in [-0.1, -0.05) is 0 Å². The largest absolute Gasteiger partial charge is 0.384 e. The molecule has 1 saturated carbocycles. The lowest BCUT2D eigenvalue weighted by molar-refractivity contribution is -0.0203. The van der Waals surface area contributed by atoms with Crippen molar-refractivity contribution in [3.63, 3.8) is 0 Å². The molecule has 1 aliphatic carbocycles. The number of nitrogens with one attached hydrogen (secondary N) is 1. The van der Waals surface area contributed by atoms with Crippen molar-refractivity contribution < 1.29 is 9.53 Å². The van der Waals surface area contributed by atoms with Crippen LogP contribution in [0.15, 0.2) is 6.20 Å². The lowest BCUT2D eigenvalue weighted by atomic mass is 9.84. The third-order valence-electron chi connectivity index (χ3n) is 5.59. The van der Waals surface area contributed by atoms with E-state index in [1.807, 2.05) is 11.8 Å². The van der Waals surface area contributed by atoms with Gasteiger partial charge in [-0.3, -0.25) is 9.69 Å². The van der Waals surface area contributed by atoms with Gasteiger partial charge in [-0.05, 0) is 38.0 Å². The molecule has 3 heterocycles. The molecular weight excluding hydrogens is 292 g/mol. The van der Waals surface area contributed by atoms with Crippen molar-refractivity contribution in [3.8, 4) is 0 Å². The van der Waals surface area contributed by atoms with E-state index in [1.54, 1.807) is 13.3 Å². The summed E-state index contributed by atoms with van der Waals surface area (Å²) >= 11 is 0. The van der Waals surface area contributed by atoms with Gasteiger partial charge in [-0.15, -0.1) is 0 Å². The van der Waals surface area contributed by atoms with E-state index in [2.05, 4.69) is 14.9 Å². The number of aromatic amines is 1. The summed E-state index contributed by atoms with van der Waals surface area (Å²) in [5.74, 6) is 2.36. The zero-order chi connectivity index (χ0) is 16.0. The average molecular weight is 318 g/mol. The molecule has 3 fully saturated rings. The number of aryl methyl sites for hydroxylation is 1. The fourth-order valence-electron chi connectivity index (χ4n) is 4.30. The smallest absolute Gasteiger partial charge is 0.272 e. The maximum absolute atomic E-state index is 12.5. The number of nitrogens with zero attached hydrogens (tertiary/aromatic N) is 3. The third kappa shape index (κ3) is 2.78. The Kier molecular flexibility index (Phi) is 3.69. The van der Waals surface area contributed by atoms with Crippen LogP contribution in [0.25, 0.3) is 0 Å². The molecule has 1 atom stereocenters. The van der Waals surface area contributed by atoms with Crippen LogP contribution in [-0.4, -0.2) is 71.1 Å². The predicted molar refractivity (Wildman–Crippen MR) is 86.2 cm³/mol. The molecule has 4 rings (SSSR count). The van der Waals surface area contributed by atoms with Crippen LogP contribution < -0.4 is 0 Å². The Bertz CT molecular complexity index is 589. The van der Waals surface area contributed by atoms with Crippen LogP contribution in [0.1, 0.15) is 35.6 Å². The highest BCUT2D eigenvalue weighted by Crippen LogP contribution is 2.43. The van der Waals surface area contributed by atoms with Gasteiger partial charge in [0.05, 0.1) is 18.3 Å². The number of methoxy groups -OCH3 is 1. The molecule has 2 aliphatic heterocycles. The van der Waals surface area contributed by atoms with E-state index in [-0.39, 0.29) is 11.4 Å². The molecule has 23 heavy (non-hydrogen) atoms. The number of carbonyl (C=O) groups excluding carboxylic acids is 1. The molecule has 3 aliphatic rings. The molecule has 0 bridgehead atoms. The van der Waals surface area contributed by atoms with E-state index in [9.17, 15) is 4.79 Å². The van der Waals surface area contributed by atoms with Crippen molar-refractivity contribution in [3.05, 3.63) is 17.7 Å². The minimum Gasteiger partial charge on any atom is -0.384 e. The number of amides is 1. The maximum Gasteiger partial charge on any atom is 0.272 e. The number of carbonyl (C=O) groups is 1. The Morgan fingerprint density at radius 3 is 2.83 bits per heavy atom. The Labute approximate surface area is 137 Å². The van der Waals surface area contributed by atoms with E-state index in [1.165, 1.54) is 19.4 Å². The standard InChI is InChI=1S/C17H26N4O2/c1-12-18-6-15(19-12)16(22)20-10-17(11-20)5-14(9-23-2)8-21(17)7-13-3-4-13/h6,13-14H,3-5,7-11H2,1-2H3,(H,18,19). The lowest BCUT2D eigenvalue weighted by Crippen LogP contribution is -2.69. The Morgan fingerprint density at radius 1 is 1.43 bits per heavy atom. The summed E-state index contributed by atoms with van der Waals surface area (Å²) in [7, 11) is 1.79. The topological polar surface area (TPSA) is 61.5 Å². The van der Waals surface area contributed by atoms with E-state index in [0.717, 1.165) is 44.4 Å². The monoisotopic (exact) mass is 318 g/mol. The summed E-state index contributed by atoms with van der Waals surface area (Å²) < 4.78 is 5.38. The minimum absolute atomic E-state index is 0.0813. The van der Waals surface area contributed by atoms with Gasteiger partial charge in [-0.25, -0.2) is 4.98 Å².